The van der Waals surface area contributed by atoms with Crippen LogP contribution in [-0.4, -0.2) is 32.7 Å². The molecule has 114 valence electrons. The summed E-state index contributed by atoms with van der Waals surface area (Å²) in [4.78, 5) is 21.5. The Morgan fingerprint density at radius 2 is 2.24 bits per heavy atom. The van der Waals surface area contributed by atoms with Gasteiger partial charge in [-0.15, -0.1) is 11.3 Å². The minimum absolute atomic E-state index is 0.242. The van der Waals surface area contributed by atoms with Gasteiger partial charge in [0.05, 0.1) is 5.69 Å². The van der Waals surface area contributed by atoms with Gasteiger partial charge in [0, 0.05) is 17.8 Å². The van der Waals surface area contributed by atoms with Crippen LogP contribution in [-0.2, 0) is 19.3 Å². The lowest BCUT2D eigenvalue weighted by Gasteiger charge is -2.03. The highest BCUT2D eigenvalue weighted by atomic mass is 32.1. The summed E-state index contributed by atoms with van der Waals surface area (Å²) < 4.78 is 0. The summed E-state index contributed by atoms with van der Waals surface area (Å²) in [5.41, 5.74) is 1.10. The first-order valence-corrected chi connectivity index (χ1v) is 7.92. The number of nitrogens with zero attached hydrogens (tertiary/aromatic N) is 3. The Hall–Kier alpha value is -1.96. The van der Waals surface area contributed by atoms with Gasteiger partial charge in [-0.1, -0.05) is 20.3 Å². The topological polar surface area (TPSA) is 95.6 Å². The minimum atomic E-state index is -0.242. The van der Waals surface area contributed by atoms with E-state index < -0.39 is 0 Å². The molecular formula is C13H20N6OS. The number of hydrogen-bond acceptors (Lipinski definition) is 5. The summed E-state index contributed by atoms with van der Waals surface area (Å²) in [5, 5.41) is 12.7. The smallest absolute Gasteiger partial charge is 0.321 e. The van der Waals surface area contributed by atoms with Crippen molar-refractivity contribution in [2.75, 3.05) is 11.9 Å². The number of carbonyl (C=O) groups is 1. The van der Waals surface area contributed by atoms with Crippen molar-refractivity contribution < 1.29 is 4.79 Å². The number of nitrogens with one attached hydrogen (secondary N) is 3. The van der Waals surface area contributed by atoms with E-state index >= 15 is 0 Å². The van der Waals surface area contributed by atoms with E-state index in [2.05, 4.69) is 44.6 Å². The van der Waals surface area contributed by atoms with Crippen LogP contribution in [0.25, 0.3) is 0 Å². The lowest BCUT2D eigenvalue weighted by atomic mass is 10.2. The predicted molar refractivity (Wildman–Crippen MR) is 82.6 cm³/mol. The summed E-state index contributed by atoms with van der Waals surface area (Å²) in [7, 11) is 0. The maximum Gasteiger partial charge on any atom is 0.321 e. The summed E-state index contributed by atoms with van der Waals surface area (Å²) in [6.07, 6.45) is 5.02. The monoisotopic (exact) mass is 308 g/mol. The van der Waals surface area contributed by atoms with E-state index in [9.17, 15) is 4.79 Å². The summed E-state index contributed by atoms with van der Waals surface area (Å²) in [5.74, 6) is 0.753. The van der Waals surface area contributed by atoms with Crippen LogP contribution in [0.4, 0.5) is 9.93 Å². The quantitative estimate of drug-likeness (QED) is 0.730. The van der Waals surface area contributed by atoms with Crippen molar-refractivity contribution in [2.45, 2.75) is 39.5 Å². The van der Waals surface area contributed by atoms with Crippen LogP contribution in [0.2, 0.25) is 0 Å². The first-order chi connectivity index (χ1) is 10.2. The van der Waals surface area contributed by atoms with Gasteiger partial charge in [-0.25, -0.2) is 14.8 Å². The lowest BCUT2D eigenvalue weighted by molar-refractivity contribution is 0.252. The van der Waals surface area contributed by atoms with Gasteiger partial charge in [-0.05, 0) is 12.8 Å². The molecule has 2 amide bonds. The van der Waals surface area contributed by atoms with E-state index in [4.69, 9.17) is 0 Å². The highest BCUT2D eigenvalue weighted by Gasteiger charge is 2.11. The van der Waals surface area contributed by atoms with Crippen molar-refractivity contribution in [2.24, 2.45) is 0 Å². The lowest BCUT2D eigenvalue weighted by Crippen LogP contribution is -2.30. The number of carbonyl (C=O) groups excluding carboxylic acids is 1. The Labute approximate surface area is 127 Å². The maximum atomic E-state index is 11.8. The van der Waals surface area contributed by atoms with Crippen LogP contribution in [0.1, 0.15) is 36.7 Å². The molecule has 0 aromatic carbocycles. The molecule has 0 spiro atoms. The van der Waals surface area contributed by atoms with Gasteiger partial charge in [-0.3, -0.25) is 10.4 Å². The number of aromatic amines is 1. The molecule has 2 aromatic heterocycles. The second-order valence-corrected chi connectivity index (χ2v) is 5.64. The summed E-state index contributed by atoms with van der Waals surface area (Å²) in [6, 6.07) is -0.242. The van der Waals surface area contributed by atoms with E-state index in [1.54, 1.807) is 11.3 Å². The molecule has 2 aromatic rings. The standard InChI is InChI=1S/C13H20N6OS/c1-3-5-9-10(4-2)21-13(17-9)18-12(20)14-7-6-11-15-8-16-19-11/h8H,3-7H2,1-2H3,(H,15,16,19)(H2,14,17,18,20). The van der Waals surface area contributed by atoms with Gasteiger partial charge in [0.1, 0.15) is 12.2 Å². The SMILES string of the molecule is CCCc1nc(NC(=O)NCCc2ncn[nH]2)sc1CC. The molecule has 8 heteroatoms. The summed E-state index contributed by atoms with van der Waals surface area (Å²) >= 11 is 1.55. The molecule has 0 radical (unpaired) electrons. The van der Waals surface area contributed by atoms with Crippen LogP contribution >= 0.6 is 11.3 Å². The number of anilines is 1. The molecular weight excluding hydrogens is 288 g/mol. The molecule has 2 heterocycles. The highest BCUT2D eigenvalue weighted by Crippen LogP contribution is 2.24. The fourth-order valence-electron chi connectivity index (χ4n) is 1.93. The minimum Gasteiger partial charge on any atom is -0.337 e. The maximum absolute atomic E-state index is 11.8. The number of amides is 2. The Bertz CT molecular complexity index is 565. The number of H-pyrrole nitrogens is 1. The zero-order chi connectivity index (χ0) is 15.1. The number of thiazole rings is 1. The van der Waals surface area contributed by atoms with E-state index in [1.807, 2.05) is 0 Å². The number of hydrogen-bond donors (Lipinski definition) is 3. The number of rotatable bonds is 7. The molecule has 0 bridgehead atoms. The first-order valence-electron chi connectivity index (χ1n) is 7.10. The third kappa shape index (κ3) is 4.52. The van der Waals surface area contributed by atoms with Gasteiger partial charge in [-0.2, -0.15) is 5.10 Å². The summed E-state index contributed by atoms with van der Waals surface area (Å²) in [6.45, 7) is 4.73. The number of aromatic nitrogens is 4. The Kier molecular flexibility index (Phi) is 5.68. The molecule has 0 fully saturated rings. The molecule has 0 aliphatic carbocycles. The molecule has 0 saturated heterocycles. The Morgan fingerprint density at radius 3 is 2.90 bits per heavy atom. The normalized spacial score (nSPS) is 10.6. The zero-order valence-corrected chi connectivity index (χ0v) is 13.1. The van der Waals surface area contributed by atoms with E-state index in [0.717, 1.165) is 30.8 Å². The van der Waals surface area contributed by atoms with Crippen molar-refractivity contribution in [1.29, 1.82) is 0 Å². The van der Waals surface area contributed by atoms with Crippen LogP contribution in [0.15, 0.2) is 6.33 Å². The molecule has 0 aliphatic rings. The first kappa shape index (κ1) is 15.4. The second kappa shape index (κ2) is 7.72. The average Bonchev–Trinajstić information content (AvgIpc) is 3.09. The van der Waals surface area contributed by atoms with Crippen molar-refractivity contribution in [3.63, 3.8) is 0 Å². The molecule has 2 rings (SSSR count). The van der Waals surface area contributed by atoms with Gasteiger partial charge in [0.2, 0.25) is 0 Å². The second-order valence-electron chi connectivity index (χ2n) is 4.56. The largest absolute Gasteiger partial charge is 0.337 e. The molecule has 0 aliphatic heterocycles. The van der Waals surface area contributed by atoms with Crippen molar-refractivity contribution >= 4 is 22.5 Å². The third-order valence-electron chi connectivity index (χ3n) is 2.92. The Balaban J connectivity index is 1.81. The highest BCUT2D eigenvalue weighted by molar-refractivity contribution is 7.15. The molecule has 0 atom stereocenters. The predicted octanol–water partition coefficient (Wildman–Crippen LogP) is 2.14. The van der Waals surface area contributed by atoms with Gasteiger partial charge in [0.15, 0.2) is 5.13 Å². The van der Waals surface area contributed by atoms with E-state index in [-0.39, 0.29) is 6.03 Å². The number of urea groups is 1. The average molecular weight is 308 g/mol. The van der Waals surface area contributed by atoms with Crippen LogP contribution < -0.4 is 10.6 Å². The molecule has 3 N–H and O–H groups in total. The molecule has 7 nitrogen and oxygen atoms in total. The van der Waals surface area contributed by atoms with Gasteiger partial charge < -0.3 is 5.32 Å². The van der Waals surface area contributed by atoms with Crippen LogP contribution in [0.5, 0.6) is 0 Å². The van der Waals surface area contributed by atoms with Crippen molar-refractivity contribution in [1.82, 2.24) is 25.5 Å². The van der Waals surface area contributed by atoms with E-state index in [0.29, 0.717) is 18.1 Å². The molecule has 21 heavy (non-hydrogen) atoms. The van der Waals surface area contributed by atoms with Crippen LogP contribution in [0, 0.1) is 0 Å². The van der Waals surface area contributed by atoms with Gasteiger partial charge >= 0.3 is 6.03 Å². The van der Waals surface area contributed by atoms with Crippen molar-refractivity contribution in [3.8, 4) is 0 Å². The molecule has 0 saturated carbocycles. The Morgan fingerprint density at radius 1 is 1.38 bits per heavy atom. The number of aryl methyl sites for hydroxylation is 2. The van der Waals surface area contributed by atoms with E-state index in [1.165, 1.54) is 11.2 Å². The third-order valence-corrected chi connectivity index (χ3v) is 4.08. The fourth-order valence-corrected chi connectivity index (χ4v) is 2.87. The van der Waals surface area contributed by atoms with Gasteiger partial charge in [0.25, 0.3) is 0 Å². The molecule has 0 unspecified atom stereocenters. The fraction of sp³-hybridized carbons (Fsp3) is 0.538. The van der Waals surface area contributed by atoms with Crippen molar-refractivity contribution in [3.05, 3.63) is 22.7 Å². The van der Waals surface area contributed by atoms with Crippen LogP contribution in [0.3, 0.4) is 0 Å². The zero-order valence-electron chi connectivity index (χ0n) is 12.3.